The summed E-state index contributed by atoms with van der Waals surface area (Å²) in [4.78, 5) is 20.0. The molecule has 0 saturated carbocycles. The fraction of sp³-hybridized carbons (Fsp3) is 0.625. The number of hydrogen-bond donors (Lipinski definition) is 1. The summed E-state index contributed by atoms with van der Waals surface area (Å²) < 4.78 is 0. The van der Waals surface area contributed by atoms with Crippen molar-refractivity contribution in [3.63, 3.8) is 0 Å². The van der Waals surface area contributed by atoms with Crippen LogP contribution in [0.25, 0.3) is 0 Å². The van der Waals surface area contributed by atoms with Gasteiger partial charge in [0.1, 0.15) is 5.82 Å². The minimum Gasteiger partial charge on any atom is -0.396 e. The fourth-order valence-electron chi connectivity index (χ4n) is 3.03. The van der Waals surface area contributed by atoms with Gasteiger partial charge in [0.05, 0.1) is 12.2 Å². The Morgan fingerprint density at radius 2 is 2.24 bits per heavy atom. The number of aliphatic hydroxyl groups is 1. The van der Waals surface area contributed by atoms with Crippen LogP contribution in [0.5, 0.6) is 0 Å². The van der Waals surface area contributed by atoms with Crippen molar-refractivity contribution in [2.24, 2.45) is 5.41 Å². The second-order valence-electron chi connectivity index (χ2n) is 6.18. The van der Waals surface area contributed by atoms with Gasteiger partial charge in [-0.15, -0.1) is 0 Å². The van der Waals surface area contributed by atoms with Gasteiger partial charge in [-0.25, -0.2) is 4.98 Å². The minimum atomic E-state index is -0.0360. The highest BCUT2D eigenvalue weighted by molar-refractivity contribution is 5.93. The summed E-state index contributed by atoms with van der Waals surface area (Å²) in [5.41, 5.74) is 0.610. The van der Waals surface area contributed by atoms with E-state index in [1.54, 1.807) is 25.2 Å². The Hall–Kier alpha value is -1.62. The standard InChI is InChI=1S/C16H25N3O2/c1-4-7-16(12-20)8-9-19(11-16)14-6-5-13(10-17-14)15(21)18(2)3/h5-6,10,20H,4,7-9,11-12H2,1-3H3. The Morgan fingerprint density at radius 1 is 1.48 bits per heavy atom. The van der Waals surface area contributed by atoms with Crippen LogP contribution in [-0.4, -0.2) is 54.7 Å². The van der Waals surface area contributed by atoms with Crippen LogP contribution in [0.4, 0.5) is 5.82 Å². The van der Waals surface area contributed by atoms with Crippen LogP contribution in [0, 0.1) is 5.41 Å². The number of rotatable bonds is 5. The van der Waals surface area contributed by atoms with Crippen LogP contribution in [0.2, 0.25) is 0 Å². The van der Waals surface area contributed by atoms with Gasteiger partial charge in [-0.05, 0) is 25.0 Å². The molecule has 5 nitrogen and oxygen atoms in total. The zero-order valence-corrected chi connectivity index (χ0v) is 13.2. The second-order valence-corrected chi connectivity index (χ2v) is 6.18. The molecule has 0 radical (unpaired) electrons. The van der Waals surface area contributed by atoms with E-state index in [1.807, 2.05) is 12.1 Å². The van der Waals surface area contributed by atoms with E-state index in [4.69, 9.17) is 0 Å². The zero-order valence-electron chi connectivity index (χ0n) is 13.2. The number of amides is 1. The van der Waals surface area contributed by atoms with Gasteiger partial charge in [0.25, 0.3) is 5.91 Å². The van der Waals surface area contributed by atoms with Crippen molar-refractivity contribution < 1.29 is 9.90 Å². The maximum Gasteiger partial charge on any atom is 0.254 e. The van der Waals surface area contributed by atoms with Gasteiger partial charge in [0, 0.05) is 38.8 Å². The van der Waals surface area contributed by atoms with Crippen molar-refractivity contribution in [3.8, 4) is 0 Å². The molecule has 2 rings (SSSR count). The van der Waals surface area contributed by atoms with Crippen molar-refractivity contribution in [3.05, 3.63) is 23.9 Å². The summed E-state index contributed by atoms with van der Waals surface area (Å²) in [6.07, 6.45) is 4.75. The zero-order chi connectivity index (χ0) is 15.5. The summed E-state index contributed by atoms with van der Waals surface area (Å²) in [6.45, 7) is 4.13. The molecule has 1 fully saturated rings. The first-order valence-electron chi connectivity index (χ1n) is 7.55. The topological polar surface area (TPSA) is 56.7 Å². The number of aromatic nitrogens is 1. The number of anilines is 1. The first kappa shape index (κ1) is 15.8. The molecule has 1 unspecified atom stereocenters. The average molecular weight is 291 g/mol. The van der Waals surface area contributed by atoms with Gasteiger partial charge in [-0.2, -0.15) is 0 Å². The second kappa shape index (κ2) is 6.43. The smallest absolute Gasteiger partial charge is 0.254 e. The third-order valence-electron chi connectivity index (χ3n) is 4.28. The molecule has 0 aliphatic carbocycles. The van der Waals surface area contributed by atoms with E-state index >= 15 is 0 Å². The highest BCUT2D eigenvalue weighted by Crippen LogP contribution is 2.36. The van der Waals surface area contributed by atoms with E-state index in [0.29, 0.717) is 5.56 Å². The molecular weight excluding hydrogens is 266 g/mol. The van der Waals surface area contributed by atoms with Gasteiger partial charge in [0.15, 0.2) is 0 Å². The minimum absolute atomic E-state index is 0.00849. The number of aliphatic hydroxyl groups excluding tert-OH is 1. The predicted molar refractivity (Wildman–Crippen MR) is 83.5 cm³/mol. The molecule has 2 heterocycles. The van der Waals surface area contributed by atoms with E-state index in [2.05, 4.69) is 16.8 Å². The van der Waals surface area contributed by atoms with Crippen molar-refractivity contribution in [1.82, 2.24) is 9.88 Å². The molecule has 1 amide bonds. The highest BCUT2D eigenvalue weighted by atomic mass is 16.3. The van der Waals surface area contributed by atoms with E-state index in [-0.39, 0.29) is 17.9 Å². The SMILES string of the molecule is CCCC1(CO)CCN(c2ccc(C(=O)N(C)C)cn2)C1. The Labute approximate surface area is 126 Å². The van der Waals surface area contributed by atoms with Crippen molar-refractivity contribution in [2.45, 2.75) is 26.2 Å². The lowest BCUT2D eigenvalue weighted by Crippen LogP contribution is -2.30. The summed E-state index contributed by atoms with van der Waals surface area (Å²) in [5, 5.41) is 9.69. The van der Waals surface area contributed by atoms with Crippen LogP contribution >= 0.6 is 0 Å². The van der Waals surface area contributed by atoms with E-state index in [0.717, 1.165) is 38.2 Å². The molecule has 1 aliphatic rings. The number of nitrogens with zero attached hydrogens (tertiary/aromatic N) is 3. The lowest BCUT2D eigenvalue weighted by molar-refractivity contribution is 0.0827. The van der Waals surface area contributed by atoms with Crippen LogP contribution in [0.15, 0.2) is 18.3 Å². The summed E-state index contributed by atoms with van der Waals surface area (Å²) >= 11 is 0. The Morgan fingerprint density at radius 3 is 2.76 bits per heavy atom. The summed E-state index contributed by atoms with van der Waals surface area (Å²) in [5.74, 6) is 0.850. The quantitative estimate of drug-likeness (QED) is 0.898. The van der Waals surface area contributed by atoms with E-state index in [9.17, 15) is 9.90 Å². The molecule has 0 aromatic carbocycles. The average Bonchev–Trinajstić information content (AvgIpc) is 2.92. The lowest BCUT2D eigenvalue weighted by atomic mass is 9.83. The van der Waals surface area contributed by atoms with E-state index in [1.165, 1.54) is 0 Å². The molecule has 21 heavy (non-hydrogen) atoms. The van der Waals surface area contributed by atoms with Crippen LogP contribution < -0.4 is 4.90 Å². The van der Waals surface area contributed by atoms with Crippen LogP contribution in [0.1, 0.15) is 36.5 Å². The highest BCUT2D eigenvalue weighted by Gasteiger charge is 2.37. The Bertz CT molecular complexity index is 487. The van der Waals surface area contributed by atoms with Crippen molar-refractivity contribution in [1.29, 1.82) is 0 Å². The molecule has 1 saturated heterocycles. The molecule has 0 spiro atoms. The maximum absolute atomic E-state index is 11.9. The number of pyridine rings is 1. The normalized spacial score (nSPS) is 21.6. The van der Waals surface area contributed by atoms with Gasteiger partial charge in [0.2, 0.25) is 0 Å². The Balaban J connectivity index is 2.08. The van der Waals surface area contributed by atoms with Gasteiger partial charge < -0.3 is 14.9 Å². The molecule has 5 heteroatoms. The van der Waals surface area contributed by atoms with Gasteiger partial charge in [-0.3, -0.25) is 4.79 Å². The van der Waals surface area contributed by atoms with Crippen molar-refractivity contribution in [2.75, 3.05) is 38.7 Å². The molecule has 116 valence electrons. The molecule has 1 atom stereocenters. The van der Waals surface area contributed by atoms with Gasteiger partial charge >= 0.3 is 0 Å². The number of carbonyl (C=O) groups is 1. The van der Waals surface area contributed by atoms with Crippen LogP contribution in [-0.2, 0) is 0 Å². The van der Waals surface area contributed by atoms with Crippen molar-refractivity contribution >= 4 is 11.7 Å². The molecule has 1 N–H and O–H groups in total. The van der Waals surface area contributed by atoms with Crippen LogP contribution in [0.3, 0.4) is 0 Å². The fourth-order valence-corrected chi connectivity index (χ4v) is 3.03. The first-order valence-corrected chi connectivity index (χ1v) is 7.55. The summed E-state index contributed by atoms with van der Waals surface area (Å²) in [6, 6.07) is 3.72. The van der Waals surface area contributed by atoms with Gasteiger partial charge in [-0.1, -0.05) is 13.3 Å². The third kappa shape index (κ3) is 3.35. The maximum atomic E-state index is 11.9. The Kier molecular flexibility index (Phi) is 4.83. The first-order chi connectivity index (χ1) is 10.0. The van der Waals surface area contributed by atoms with E-state index < -0.39 is 0 Å². The molecule has 1 aromatic heterocycles. The predicted octanol–water partition coefficient (Wildman–Crippen LogP) is 1.77. The third-order valence-corrected chi connectivity index (χ3v) is 4.28. The molecule has 0 bridgehead atoms. The largest absolute Gasteiger partial charge is 0.396 e. The number of hydrogen-bond acceptors (Lipinski definition) is 4. The monoisotopic (exact) mass is 291 g/mol. The molecule has 1 aromatic rings. The number of carbonyl (C=O) groups excluding carboxylic acids is 1. The molecular formula is C16H25N3O2. The lowest BCUT2D eigenvalue weighted by Gasteiger charge is -2.27. The molecule has 1 aliphatic heterocycles. The summed E-state index contributed by atoms with van der Waals surface area (Å²) in [7, 11) is 3.47.